The molecule has 0 aliphatic rings. The number of amides is 1. The Morgan fingerprint density at radius 3 is 2.44 bits per heavy atom. The number of alkyl halides is 3. The zero-order valence-electron chi connectivity index (χ0n) is 19.3. The van der Waals surface area contributed by atoms with Crippen molar-refractivity contribution in [3.63, 3.8) is 0 Å². The zero-order chi connectivity index (χ0) is 25.6. The molecule has 0 radical (unpaired) electrons. The van der Waals surface area contributed by atoms with Gasteiger partial charge >= 0.3 is 6.18 Å². The van der Waals surface area contributed by atoms with Crippen LogP contribution in [-0.4, -0.2) is 42.8 Å². The SMILES string of the molecule is CN(Cc1ccc(-c2ccc(C(F)(F)F)cc2)nn1)C(=O)c1ccc2nc(N)c3cnn(C)c3c2c1. The number of aromatic nitrogens is 5. The fraction of sp³-hybridized carbons (Fsp3) is 0.160. The highest BCUT2D eigenvalue weighted by molar-refractivity contribution is 6.10. The second-order valence-electron chi connectivity index (χ2n) is 8.41. The van der Waals surface area contributed by atoms with E-state index in [1.807, 2.05) is 0 Å². The van der Waals surface area contributed by atoms with Gasteiger partial charge in [0.05, 0.1) is 46.1 Å². The van der Waals surface area contributed by atoms with Crippen molar-refractivity contribution in [2.45, 2.75) is 12.7 Å². The molecule has 0 saturated heterocycles. The van der Waals surface area contributed by atoms with Gasteiger partial charge in [-0.1, -0.05) is 12.1 Å². The minimum atomic E-state index is -4.40. The Labute approximate surface area is 203 Å². The normalized spacial score (nSPS) is 11.8. The van der Waals surface area contributed by atoms with Gasteiger partial charge in [0.2, 0.25) is 0 Å². The van der Waals surface area contributed by atoms with Gasteiger partial charge in [-0.05, 0) is 42.5 Å². The van der Waals surface area contributed by atoms with E-state index in [9.17, 15) is 18.0 Å². The van der Waals surface area contributed by atoms with Crippen LogP contribution >= 0.6 is 0 Å². The molecule has 2 N–H and O–H groups in total. The predicted molar refractivity (Wildman–Crippen MR) is 129 cm³/mol. The van der Waals surface area contributed by atoms with Crippen molar-refractivity contribution in [3.05, 3.63) is 77.6 Å². The van der Waals surface area contributed by atoms with Gasteiger partial charge in [-0.25, -0.2) is 4.98 Å². The van der Waals surface area contributed by atoms with Crippen molar-refractivity contribution in [1.29, 1.82) is 0 Å². The van der Waals surface area contributed by atoms with Crippen LogP contribution in [0.25, 0.3) is 33.1 Å². The summed E-state index contributed by atoms with van der Waals surface area (Å²) >= 11 is 0. The quantitative estimate of drug-likeness (QED) is 0.399. The molecule has 182 valence electrons. The Balaban J connectivity index is 1.35. The van der Waals surface area contributed by atoms with Gasteiger partial charge in [0, 0.05) is 30.6 Å². The van der Waals surface area contributed by atoms with Crippen molar-refractivity contribution in [2.75, 3.05) is 12.8 Å². The van der Waals surface area contributed by atoms with Crippen molar-refractivity contribution in [3.8, 4) is 11.3 Å². The molecular formula is C25H20F3N7O. The van der Waals surface area contributed by atoms with E-state index in [0.717, 1.165) is 23.0 Å². The average molecular weight is 491 g/mol. The number of carbonyl (C=O) groups is 1. The van der Waals surface area contributed by atoms with Gasteiger partial charge in [0.25, 0.3) is 5.91 Å². The predicted octanol–water partition coefficient (Wildman–Crippen LogP) is 4.45. The van der Waals surface area contributed by atoms with Crippen LogP contribution in [-0.2, 0) is 19.8 Å². The van der Waals surface area contributed by atoms with E-state index in [-0.39, 0.29) is 12.5 Å². The molecule has 11 heteroatoms. The smallest absolute Gasteiger partial charge is 0.383 e. The molecule has 0 aliphatic carbocycles. The van der Waals surface area contributed by atoms with E-state index >= 15 is 0 Å². The number of pyridine rings is 1. The minimum Gasteiger partial charge on any atom is -0.383 e. The lowest BCUT2D eigenvalue weighted by atomic mass is 10.1. The number of aryl methyl sites for hydroxylation is 1. The molecule has 1 amide bonds. The molecule has 0 aliphatic heterocycles. The summed E-state index contributed by atoms with van der Waals surface area (Å²) in [6.07, 6.45) is -2.76. The summed E-state index contributed by atoms with van der Waals surface area (Å²) in [5.41, 5.74) is 8.71. The van der Waals surface area contributed by atoms with Crippen LogP contribution in [0.2, 0.25) is 0 Å². The molecule has 3 heterocycles. The molecule has 0 spiro atoms. The first-order valence-electron chi connectivity index (χ1n) is 10.9. The highest BCUT2D eigenvalue weighted by Gasteiger charge is 2.30. The summed E-state index contributed by atoms with van der Waals surface area (Å²) < 4.78 is 40.0. The fourth-order valence-electron chi connectivity index (χ4n) is 4.05. The number of carbonyl (C=O) groups excluding carboxylic acids is 1. The average Bonchev–Trinajstić information content (AvgIpc) is 3.26. The van der Waals surface area contributed by atoms with E-state index in [2.05, 4.69) is 20.3 Å². The lowest BCUT2D eigenvalue weighted by Crippen LogP contribution is -2.26. The van der Waals surface area contributed by atoms with Gasteiger partial charge in [-0.3, -0.25) is 9.48 Å². The molecule has 0 unspecified atom stereocenters. The van der Waals surface area contributed by atoms with Gasteiger partial charge in [-0.15, -0.1) is 0 Å². The first-order chi connectivity index (χ1) is 17.1. The topological polar surface area (TPSA) is 103 Å². The number of anilines is 1. The van der Waals surface area contributed by atoms with E-state index < -0.39 is 11.7 Å². The van der Waals surface area contributed by atoms with Crippen LogP contribution in [0.5, 0.6) is 0 Å². The molecule has 0 fully saturated rings. The monoisotopic (exact) mass is 491 g/mol. The van der Waals surface area contributed by atoms with Crippen LogP contribution in [0.3, 0.4) is 0 Å². The molecule has 3 aromatic heterocycles. The largest absolute Gasteiger partial charge is 0.416 e. The highest BCUT2D eigenvalue weighted by atomic mass is 19.4. The Bertz CT molecular complexity index is 1590. The number of rotatable bonds is 4. The molecular weight excluding hydrogens is 471 g/mol. The Morgan fingerprint density at radius 1 is 1.03 bits per heavy atom. The van der Waals surface area contributed by atoms with Gasteiger partial charge in [0.1, 0.15) is 5.82 Å². The standard InChI is InChI=1S/C25H20F3N7O/c1-34(13-17-8-10-20(33-32-17)14-3-6-16(7-4-14)25(26,27)28)24(36)15-5-9-21-18(11-15)22-19(23(29)31-21)12-30-35(22)2/h3-12H,13H2,1-2H3,(H2,29,31). The Morgan fingerprint density at radius 2 is 1.78 bits per heavy atom. The van der Waals surface area contributed by atoms with E-state index in [1.165, 1.54) is 17.0 Å². The summed E-state index contributed by atoms with van der Waals surface area (Å²) in [5, 5.41) is 14.0. The van der Waals surface area contributed by atoms with E-state index in [1.54, 1.807) is 55.3 Å². The second kappa shape index (κ2) is 8.59. The number of hydrogen-bond acceptors (Lipinski definition) is 6. The maximum Gasteiger partial charge on any atom is 0.416 e. The van der Waals surface area contributed by atoms with Crippen LogP contribution < -0.4 is 5.73 Å². The lowest BCUT2D eigenvalue weighted by Gasteiger charge is -2.17. The molecule has 0 bridgehead atoms. The summed E-state index contributed by atoms with van der Waals surface area (Å²) in [6.45, 7) is 0.193. The Hall–Kier alpha value is -4.54. The summed E-state index contributed by atoms with van der Waals surface area (Å²) in [4.78, 5) is 19.1. The second-order valence-corrected chi connectivity index (χ2v) is 8.41. The van der Waals surface area contributed by atoms with E-state index in [0.29, 0.717) is 39.2 Å². The maximum absolute atomic E-state index is 13.1. The third-order valence-electron chi connectivity index (χ3n) is 5.93. The number of benzene rings is 2. The molecule has 5 rings (SSSR count). The van der Waals surface area contributed by atoms with Gasteiger partial charge in [-0.2, -0.15) is 28.5 Å². The van der Waals surface area contributed by atoms with Crippen LogP contribution in [0, 0.1) is 0 Å². The number of nitrogens with zero attached hydrogens (tertiary/aromatic N) is 6. The fourth-order valence-corrected chi connectivity index (χ4v) is 4.05. The molecule has 0 saturated carbocycles. The van der Waals surface area contributed by atoms with Crippen LogP contribution in [0.15, 0.2) is 60.8 Å². The zero-order valence-corrected chi connectivity index (χ0v) is 19.3. The third kappa shape index (κ3) is 4.19. The Kier molecular flexibility index (Phi) is 5.54. The molecule has 2 aromatic carbocycles. The highest BCUT2D eigenvalue weighted by Crippen LogP contribution is 2.31. The first-order valence-corrected chi connectivity index (χ1v) is 10.9. The molecule has 0 atom stereocenters. The number of fused-ring (bicyclic) bond motifs is 3. The minimum absolute atomic E-state index is 0.193. The number of nitrogen functional groups attached to an aromatic ring is 1. The summed E-state index contributed by atoms with van der Waals surface area (Å²) in [6, 6.07) is 13.3. The number of nitrogens with two attached hydrogens (primary N) is 1. The van der Waals surface area contributed by atoms with Crippen molar-refractivity contribution >= 4 is 33.5 Å². The summed E-state index contributed by atoms with van der Waals surface area (Å²) in [5.74, 6) is 0.151. The summed E-state index contributed by atoms with van der Waals surface area (Å²) in [7, 11) is 3.45. The van der Waals surface area contributed by atoms with Gasteiger partial charge < -0.3 is 10.6 Å². The lowest BCUT2D eigenvalue weighted by molar-refractivity contribution is -0.137. The van der Waals surface area contributed by atoms with E-state index in [4.69, 9.17) is 5.73 Å². The maximum atomic E-state index is 13.1. The first kappa shape index (κ1) is 23.2. The molecule has 5 aromatic rings. The van der Waals surface area contributed by atoms with Crippen molar-refractivity contribution in [1.82, 2.24) is 29.9 Å². The number of halogens is 3. The van der Waals surface area contributed by atoms with Crippen molar-refractivity contribution in [2.24, 2.45) is 7.05 Å². The third-order valence-corrected chi connectivity index (χ3v) is 5.93. The van der Waals surface area contributed by atoms with Crippen LogP contribution in [0.4, 0.5) is 19.0 Å². The molecule has 8 nitrogen and oxygen atoms in total. The molecule has 36 heavy (non-hydrogen) atoms. The van der Waals surface area contributed by atoms with Crippen LogP contribution in [0.1, 0.15) is 21.6 Å². The number of hydrogen-bond donors (Lipinski definition) is 1. The van der Waals surface area contributed by atoms with Crippen molar-refractivity contribution < 1.29 is 18.0 Å². The van der Waals surface area contributed by atoms with Gasteiger partial charge in [0.15, 0.2) is 0 Å².